The third-order valence-electron chi connectivity index (χ3n) is 3.29. The highest BCUT2D eigenvalue weighted by atomic mass is 19.4. The third kappa shape index (κ3) is 2.11. The highest BCUT2D eigenvalue weighted by Gasteiger charge is 2.74. The van der Waals surface area contributed by atoms with E-state index >= 15 is 0 Å². The summed E-state index contributed by atoms with van der Waals surface area (Å²) in [5.41, 5.74) is -4.77. The van der Waals surface area contributed by atoms with E-state index in [1.807, 2.05) is 0 Å². The van der Waals surface area contributed by atoms with Crippen LogP contribution in [0, 0.1) is 0 Å². The van der Waals surface area contributed by atoms with E-state index in [9.17, 15) is 31.4 Å². The van der Waals surface area contributed by atoms with Gasteiger partial charge in [0.15, 0.2) is 0 Å². The summed E-state index contributed by atoms with van der Waals surface area (Å²) < 4.78 is 77.2. The lowest BCUT2D eigenvalue weighted by Gasteiger charge is -2.45. The summed E-state index contributed by atoms with van der Waals surface area (Å²) in [4.78, 5) is -0.00810. The predicted molar refractivity (Wildman–Crippen MR) is 59.2 cm³/mol. The number of hydrogen-bond donors (Lipinski definition) is 1. The van der Waals surface area contributed by atoms with Crippen LogP contribution in [-0.4, -0.2) is 29.7 Å². The molecule has 0 bridgehead atoms. The van der Waals surface area contributed by atoms with Gasteiger partial charge >= 0.3 is 18.1 Å². The number of hydrogen-bond acceptors (Lipinski definition) is 2. The molecule has 112 valence electrons. The Bertz CT molecular complexity index is 481. The zero-order valence-corrected chi connectivity index (χ0v) is 10.1. The third-order valence-corrected chi connectivity index (χ3v) is 3.29. The molecule has 2 rings (SSSR count). The van der Waals surface area contributed by atoms with Crippen molar-refractivity contribution in [3.63, 3.8) is 0 Å². The summed E-state index contributed by atoms with van der Waals surface area (Å²) >= 11 is 0. The molecule has 0 fully saturated rings. The van der Waals surface area contributed by atoms with E-state index in [0.29, 0.717) is 12.0 Å². The molecule has 0 amide bonds. The van der Waals surface area contributed by atoms with Gasteiger partial charge in [0.2, 0.25) is 0 Å². The maximum Gasteiger partial charge on any atom is 0.446 e. The van der Waals surface area contributed by atoms with Gasteiger partial charge in [-0.1, -0.05) is 18.2 Å². The number of aliphatic hydroxyl groups is 1. The second-order valence-corrected chi connectivity index (χ2v) is 4.55. The zero-order valence-electron chi connectivity index (χ0n) is 10.1. The summed E-state index contributed by atoms with van der Waals surface area (Å²) in [6.45, 7) is -0.521. The van der Waals surface area contributed by atoms with Crippen molar-refractivity contribution in [1.29, 1.82) is 0 Å². The fourth-order valence-electron chi connectivity index (χ4n) is 2.34. The van der Waals surface area contributed by atoms with Crippen molar-refractivity contribution in [2.45, 2.75) is 30.9 Å². The monoisotopic (exact) mass is 299 g/mol. The van der Waals surface area contributed by atoms with Crippen molar-refractivity contribution in [1.82, 2.24) is 0 Å². The second kappa shape index (κ2) is 4.54. The molecule has 0 radical (unpaired) electrons. The minimum atomic E-state index is -5.85. The molecule has 1 aromatic rings. The van der Waals surface area contributed by atoms with Crippen molar-refractivity contribution in [3.8, 4) is 0 Å². The van der Waals surface area contributed by atoms with Crippen LogP contribution in [0.5, 0.6) is 0 Å². The van der Waals surface area contributed by atoms with Crippen LogP contribution in [-0.2, 0) is 6.42 Å². The van der Waals surface area contributed by atoms with E-state index < -0.39 is 24.6 Å². The smallest absolute Gasteiger partial charge is 0.356 e. The number of halogens is 6. The Morgan fingerprint density at radius 2 is 1.50 bits per heavy atom. The van der Waals surface area contributed by atoms with Gasteiger partial charge in [0, 0.05) is 12.2 Å². The number of anilines is 1. The number of alkyl halides is 6. The average Bonchev–Trinajstić information content (AvgIpc) is 2.34. The van der Waals surface area contributed by atoms with Crippen LogP contribution < -0.4 is 4.90 Å². The molecule has 1 aliphatic rings. The summed E-state index contributed by atoms with van der Waals surface area (Å²) in [6.07, 6.45) is -11.2. The summed E-state index contributed by atoms with van der Waals surface area (Å²) in [6, 6.07) is 5.47. The van der Waals surface area contributed by atoms with Gasteiger partial charge in [0.05, 0.1) is 0 Å². The van der Waals surface area contributed by atoms with Crippen molar-refractivity contribution in [3.05, 3.63) is 29.8 Å². The van der Waals surface area contributed by atoms with E-state index in [1.54, 1.807) is 0 Å². The summed E-state index contributed by atoms with van der Waals surface area (Å²) in [5, 5.41) is 9.43. The van der Waals surface area contributed by atoms with Gasteiger partial charge in [-0.3, -0.25) is 0 Å². The molecule has 0 unspecified atom stereocenters. The quantitative estimate of drug-likeness (QED) is 0.805. The molecule has 0 saturated heterocycles. The molecule has 0 atom stereocenters. The Hall–Kier alpha value is -1.44. The maximum atomic E-state index is 12.9. The largest absolute Gasteiger partial charge is 0.446 e. The standard InChI is InChI=1S/C12H11F6NO/c13-11(14,15)10(20,12(16,17)18)19-7-3-5-8-4-1-2-6-9(8)19/h1-2,4,6,20H,3,5,7H2. The predicted octanol–water partition coefficient (Wildman–Crippen LogP) is 3.25. The highest BCUT2D eigenvalue weighted by molar-refractivity contribution is 5.57. The zero-order chi connectivity index (χ0) is 15.2. The lowest BCUT2D eigenvalue weighted by atomic mass is 9.98. The minimum Gasteiger partial charge on any atom is -0.356 e. The molecule has 2 nitrogen and oxygen atoms in total. The van der Waals surface area contributed by atoms with Crippen LogP contribution in [0.15, 0.2) is 24.3 Å². The molecule has 1 heterocycles. The summed E-state index contributed by atoms with van der Waals surface area (Å²) in [7, 11) is 0. The van der Waals surface area contributed by atoms with Gasteiger partial charge in [-0.15, -0.1) is 0 Å². The second-order valence-electron chi connectivity index (χ2n) is 4.55. The lowest BCUT2D eigenvalue weighted by molar-refractivity contribution is -0.367. The van der Waals surface area contributed by atoms with Gasteiger partial charge < -0.3 is 10.0 Å². The lowest BCUT2D eigenvalue weighted by Crippen LogP contribution is -2.68. The van der Waals surface area contributed by atoms with E-state index in [1.165, 1.54) is 18.2 Å². The number of benzene rings is 1. The normalized spacial score (nSPS) is 17.1. The molecular weight excluding hydrogens is 288 g/mol. The van der Waals surface area contributed by atoms with Crippen LogP contribution in [0.1, 0.15) is 12.0 Å². The Labute approximate surface area is 110 Å². The first kappa shape index (κ1) is 15.0. The Morgan fingerprint density at radius 1 is 0.950 bits per heavy atom. The minimum absolute atomic E-state index is 0.00810. The molecule has 0 aliphatic carbocycles. The average molecular weight is 299 g/mol. The van der Waals surface area contributed by atoms with Crippen molar-refractivity contribution in [2.24, 2.45) is 0 Å². The number of rotatable bonds is 1. The fourth-order valence-corrected chi connectivity index (χ4v) is 2.34. The molecule has 8 heteroatoms. The highest BCUT2D eigenvalue weighted by Crippen LogP contribution is 2.48. The van der Waals surface area contributed by atoms with Gasteiger partial charge in [-0.25, -0.2) is 0 Å². The molecule has 1 aliphatic heterocycles. The van der Waals surface area contributed by atoms with Gasteiger partial charge in [-0.2, -0.15) is 26.3 Å². The number of nitrogens with zero attached hydrogens (tertiary/aromatic N) is 1. The maximum absolute atomic E-state index is 12.9. The number of para-hydroxylation sites is 1. The van der Waals surface area contributed by atoms with E-state index in [-0.39, 0.29) is 17.0 Å². The van der Waals surface area contributed by atoms with E-state index in [2.05, 4.69) is 0 Å². The van der Waals surface area contributed by atoms with Crippen LogP contribution in [0.4, 0.5) is 32.0 Å². The van der Waals surface area contributed by atoms with E-state index in [4.69, 9.17) is 0 Å². The topological polar surface area (TPSA) is 23.5 Å². The van der Waals surface area contributed by atoms with Crippen LogP contribution in [0.2, 0.25) is 0 Å². The number of aryl methyl sites for hydroxylation is 1. The first-order chi connectivity index (χ1) is 9.09. The Morgan fingerprint density at radius 3 is 2.05 bits per heavy atom. The molecule has 20 heavy (non-hydrogen) atoms. The van der Waals surface area contributed by atoms with Crippen LogP contribution >= 0.6 is 0 Å². The van der Waals surface area contributed by atoms with Gasteiger partial charge in [0.25, 0.3) is 0 Å². The Kier molecular flexibility index (Phi) is 3.40. The Balaban J connectivity index is 2.58. The molecule has 1 N–H and O–H groups in total. The summed E-state index contributed by atoms with van der Waals surface area (Å²) in [5.74, 6) is 0. The first-order valence-electron chi connectivity index (χ1n) is 5.80. The molecule has 0 spiro atoms. The molecule has 0 saturated carbocycles. The van der Waals surface area contributed by atoms with E-state index in [0.717, 1.165) is 6.07 Å². The van der Waals surface area contributed by atoms with Crippen molar-refractivity contribution < 1.29 is 31.4 Å². The molecule has 1 aromatic carbocycles. The molecule has 0 aromatic heterocycles. The van der Waals surface area contributed by atoms with Crippen LogP contribution in [0.3, 0.4) is 0 Å². The molecular formula is C12H11F6NO. The van der Waals surface area contributed by atoms with Gasteiger partial charge in [-0.05, 0) is 24.5 Å². The first-order valence-corrected chi connectivity index (χ1v) is 5.80. The van der Waals surface area contributed by atoms with Crippen molar-refractivity contribution in [2.75, 3.05) is 11.4 Å². The SMILES string of the molecule is OC(N1CCCc2ccccc21)(C(F)(F)F)C(F)(F)F. The number of fused-ring (bicyclic) bond motifs is 1. The van der Waals surface area contributed by atoms with Crippen LogP contribution in [0.25, 0.3) is 0 Å². The van der Waals surface area contributed by atoms with Gasteiger partial charge in [0.1, 0.15) is 0 Å². The fraction of sp³-hybridized carbons (Fsp3) is 0.500. The van der Waals surface area contributed by atoms with Crippen molar-refractivity contribution >= 4 is 5.69 Å².